The third-order valence-electron chi connectivity index (χ3n) is 5.66. The number of nitrogens with zero attached hydrogens (tertiary/aromatic N) is 1. The third kappa shape index (κ3) is 14.4. The minimum atomic E-state index is -4.42. The second kappa shape index (κ2) is 17.2. The van der Waals surface area contributed by atoms with E-state index in [1.54, 1.807) is 0 Å². The van der Waals surface area contributed by atoms with Crippen LogP contribution in [0.4, 0.5) is 13.2 Å². The number of carboxylic acids is 2. The van der Waals surface area contributed by atoms with E-state index in [0.29, 0.717) is 18.8 Å². The van der Waals surface area contributed by atoms with Crippen LogP contribution in [-0.4, -0.2) is 71.0 Å². The van der Waals surface area contributed by atoms with Crippen molar-refractivity contribution in [3.8, 4) is 5.75 Å². The van der Waals surface area contributed by atoms with E-state index in [9.17, 15) is 27.9 Å². The molecular weight excluding hydrogens is 517 g/mol. The summed E-state index contributed by atoms with van der Waals surface area (Å²) in [5.74, 6) is -1.68. The fraction of sp³-hybridized carbons (Fsp3) is 0.429. The molecule has 0 bridgehead atoms. The van der Waals surface area contributed by atoms with Crippen LogP contribution in [0.3, 0.4) is 0 Å². The maximum atomic E-state index is 12.8. The van der Waals surface area contributed by atoms with Crippen LogP contribution in [0.2, 0.25) is 0 Å². The van der Waals surface area contributed by atoms with Crippen LogP contribution in [0, 0.1) is 0 Å². The number of alkyl halides is 3. The maximum absolute atomic E-state index is 12.8. The van der Waals surface area contributed by atoms with Crippen LogP contribution in [0.15, 0.2) is 60.7 Å². The molecule has 0 radical (unpaired) electrons. The summed E-state index contributed by atoms with van der Waals surface area (Å²) >= 11 is 0. The van der Waals surface area contributed by atoms with Crippen molar-refractivity contribution in [3.63, 3.8) is 0 Å². The van der Waals surface area contributed by atoms with Gasteiger partial charge in [0.25, 0.3) is 0 Å². The standard InChI is InChI=1S/C24H33F3N2O2.C4H4O4/c1-4-29(5-2)13-14-31-22-11-9-19(10-12-22)15-18(3)28-17-23(30)20-7-6-8-21(16-20)24(25,26)27;5-3(6)1-2-4(7)8/h6-12,16,18,23,28,30H,4-5,13-15,17H2,1-3H3;1-2H,(H,5,6)(H,7,8). The molecule has 4 N–H and O–H groups in total. The van der Waals surface area contributed by atoms with Crippen molar-refractivity contribution in [1.82, 2.24) is 10.2 Å². The number of ether oxygens (including phenoxy) is 1. The molecule has 2 rings (SSSR count). The van der Waals surface area contributed by atoms with Crippen LogP contribution in [0.25, 0.3) is 0 Å². The van der Waals surface area contributed by atoms with Crippen molar-refractivity contribution in [1.29, 1.82) is 0 Å². The maximum Gasteiger partial charge on any atom is 0.416 e. The molecule has 0 aliphatic carbocycles. The molecule has 2 aromatic carbocycles. The van der Waals surface area contributed by atoms with Gasteiger partial charge >= 0.3 is 18.1 Å². The Hall–Kier alpha value is -3.41. The van der Waals surface area contributed by atoms with Crippen molar-refractivity contribution in [2.45, 2.75) is 45.5 Å². The first kappa shape index (κ1) is 33.6. The van der Waals surface area contributed by atoms with Gasteiger partial charge in [-0.3, -0.25) is 0 Å². The number of nitrogens with one attached hydrogen (secondary N) is 1. The van der Waals surface area contributed by atoms with Gasteiger partial charge in [0.15, 0.2) is 0 Å². The summed E-state index contributed by atoms with van der Waals surface area (Å²) in [5, 5.41) is 29.1. The van der Waals surface area contributed by atoms with Gasteiger partial charge in [-0.15, -0.1) is 0 Å². The molecule has 2 unspecified atom stereocenters. The van der Waals surface area contributed by atoms with Crippen LogP contribution < -0.4 is 10.1 Å². The second-order valence-electron chi connectivity index (χ2n) is 8.68. The molecule has 11 heteroatoms. The van der Waals surface area contributed by atoms with Gasteiger partial charge in [-0.05, 0) is 61.8 Å². The molecule has 0 spiro atoms. The summed E-state index contributed by atoms with van der Waals surface area (Å²) in [4.78, 5) is 21.4. The van der Waals surface area contributed by atoms with E-state index in [-0.39, 0.29) is 18.2 Å². The highest BCUT2D eigenvalue weighted by Crippen LogP contribution is 2.30. The molecule has 0 saturated carbocycles. The Labute approximate surface area is 226 Å². The number of carboxylic acid groups (broad SMARTS) is 2. The van der Waals surface area contributed by atoms with Crippen molar-refractivity contribution in [2.75, 3.05) is 32.8 Å². The Morgan fingerprint density at radius 2 is 1.62 bits per heavy atom. The molecule has 39 heavy (non-hydrogen) atoms. The molecule has 2 aromatic rings. The topological polar surface area (TPSA) is 119 Å². The van der Waals surface area contributed by atoms with Gasteiger partial charge in [0.2, 0.25) is 0 Å². The lowest BCUT2D eigenvalue weighted by atomic mass is 10.0. The molecule has 0 aromatic heterocycles. The highest BCUT2D eigenvalue weighted by molar-refractivity contribution is 5.89. The summed E-state index contributed by atoms with van der Waals surface area (Å²) in [7, 11) is 0. The first-order valence-electron chi connectivity index (χ1n) is 12.5. The van der Waals surface area contributed by atoms with E-state index >= 15 is 0 Å². The smallest absolute Gasteiger partial charge is 0.416 e. The average Bonchev–Trinajstić information content (AvgIpc) is 2.89. The Kier molecular flexibility index (Phi) is 14.9. The van der Waals surface area contributed by atoms with Crippen LogP contribution in [-0.2, 0) is 22.2 Å². The van der Waals surface area contributed by atoms with Gasteiger partial charge in [-0.1, -0.05) is 38.1 Å². The van der Waals surface area contributed by atoms with Gasteiger partial charge < -0.3 is 30.3 Å². The average molecular weight is 555 g/mol. The largest absolute Gasteiger partial charge is 0.492 e. The van der Waals surface area contributed by atoms with Crippen LogP contribution in [0.1, 0.15) is 43.6 Å². The molecule has 2 atom stereocenters. The third-order valence-corrected chi connectivity index (χ3v) is 5.66. The monoisotopic (exact) mass is 554 g/mol. The first-order valence-corrected chi connectivity index (χ1v) is 12.5. The molecule has 216 valence electrons. The number of hydrogen-bond acceptors (Lipinski definition) is 6. The lowest BCUT2D eigenvalue weighted by Crippen LogP contribution is -2.32. The first-order chi connectivity index (χ1) is 18.3. The lowest BCUT2D eigenvalue weighted by Gasteiger charge is -2.19. The summed E-state index contributed by atoms with van der Waals surface area (Å²) < 4.78 is 44.3. The Balaban J connectivity index is 0.000000824. The molecular formula is C28H37F3N2O6. The highest BCUT2D eigenvalue weighted by Gasteiger charge is 2.30. The van der Waals surface area contributed by atoms with Crippen LogP contribution in [0.5, 0.6) is 5.75 Å². The molecule has 0 aliphatic heterocycles. The Bertz CT molecular complexity index is 1020. The van der Waals surface area contributed by atoms with Crippen LogP contribution >= 0.6 is 0 Å². The van der Waals surface area contributed by atoms with Gasteiger partial charge in [-0.25, -0.2) is 9.59 Å². The number of aliphatic carboxylic acids is 2. The van der Waals surface area contributed by atoms with E-state index in [0.717, 1.165) is 49.5 Å². The molecule has 0 fully saturated rings. The summed E-state index contributed by atoms with van der Waals surface area (Å²) in [6.45, 7) is 9.97. The van der Waals surface area contributed by atoms with Gasteiger partial charge in [0.05, 0.1) is 11.7 Å². The lowest BCUT2D eigenvalue weighted by molar-refractivity contribution is -0.137. The minimum Gasteiger partial charge on any atom is -0.492 e. The summed E-state index contributed by atoms with van der Waals surface area (Å²) in [6, 6.07) is 12.8. The number of benzene rings is 2. The number of carbonyl (C=O) groups is 2. The number of likely N-dealkylation sites (N-methyl/N-ethyl adjacent to an activating group) is 1. The second-order valence-corrected chi connectivity index (χ2v) is 8.68. The Morgan fingerprint density at radius 1 is 1.03 bits per heavy atom. The van der Waals surface area contributed by atoms with Gasteiger partial charge in [0.1, 0.15) is 12.4 Å². The quantitative estimate of drug-likeness (QED) is 0.254. The fourth-order valence-electron chi connectivity index (χ4n) is 3.48. The van der Waals surface area contributed by atoms with E-state index < -0.39 is 29.8 Å². The van der Waals surface area contributed by atoms with Gasteiger partial charge in [0, 0.05) is 31.3 Å². The fourth-order valence-corrected chi connectivity index (χ4v) is 3.48. The Morgan fingerprint density at radius 3 is 2.13 bits per heavy atom. The number of hydrogen-bond donors (Lipinski definition) is 4. The zero-order valence-corrected chi connectivity index (χ0v) is 22.3. The molecule has 0 heterocycles. The number of halogens is 3. The molecule has 0 amide bonds. The van der Waals surface area contributed by atoms with Gasteiger partial charge in [-0.2, -0.15) is 13.2 Å². The van der Waals surface area contributed by atoms with Crippen molar-refractivity contribution < 1.29 is 42.8 Å². The van der Waals surface area contributed by atoms with E-state index in [1.807, 2.05) is 31.2 Å². The number of aliphatic hydroxyl groups excluding tert-OH is 1. The predicted octanol–water partition coefficient (Wildman–Crippen LogP) is 4.39. The molecule has 0 aliphatic rings. The summed E-state index contributed by atoms with van der Waals surface area (Å²) in [5.41, 5.74) is 0.613. The van der Waals surface area contributed by atoms with E-state index in [1.165, 1.54) is 12.1 Å². The van der Waals surface area contributed by atoms with E-state index in [2.05, 4.69) is 24.1 Å². The zero-order chi connectivity index (χ0) is 29.4. The van der Waals surface area contributed by atoms with Crippen molar-refractivity contribution >= 4 is 11.9 Å². The highest BCUT2D eigenvalue weighted by atomic mass is 19.4. The van der Waals surface area contributed by atoms with Crippen molar-refractivity contribution in [3.05, 3.63) is 77.4 Å². The number of aliphatic hydroxyl groups is 1. The van der Waals surface area contributed by atoms with Crippen molar-refractivity contribution in [2.24, 2.45) is 0 Å². The number of rotatable bonds is 14. The van der Waals surface area contributed by atoms with E-state index in [4.69, 9.17) is 14.9 Å². The zero-order valence-electron chi connectivity index (χ0n) is 22.3. The molecule has 8 nitrogen and oxygen atoms in total. The predicted molar refractivity (Wildman–Crippen MR) is 142 cm³/mol. The normalized spacial score (nSPS) is 13.0. The summed E-state index contributed by atoms with van der Waals surface area (Å²) in [6.07, 6.45) is -3.58. The molecule has 0 saturated heterocycles. The SMILES string of the molecule is CCN(CC)CCOc1ccc(CC(C)NCC(O)c2cccc(C(F)(F)F)c2)cc1.O=C(O)C=CC(=O)O. The minimum absolute atomic E-state index is 0.0508.